The molecule has 0 radical (unpaired) electrons. The van der Waals surface area contributed by atoms with E-state index < -0.39 is 0 Å². The fourth-order valence-corrected chi connectivity index (χ4v) is 2.74. The van der Waals surface area contributed by atoms with Gasteiger partial charge in [-0.1, -0.05) is 25.1 Å². The maximum atomic E-state index is 12.1. The van der Waals surface area contributed by atoms with Crippen LogP contribution in [0.5, 0.6) is 0 Å². The molecule has 1 amide bonds. The molecule has 1 saturated heterocycles. The highest BCUT2D eigenvalue weighted by molar-refractivity contribution is 5.91. The van der Waals surface area contributed by atoms with Crippen molar-refractivity contribution in [1.29, 1.82) is 0 Å². The second-order valence-corrected chi connectivity index (χ2v) is 5.65. The molecule has 1 fully saturated rings. The number of piperidine rings is 1. The molecule has 2 N–H and O–H groups in total. The summed E-state index contributed by atoms with van der Waals surface area (Å²) >= 11 is 0. The van der Waals surface area contributed by atoms with E-state index in [4.69, 9.17) is 0 Å². The molecule has 0 bridgehead atoms. The Bertz CT molecular complexity index is 430. The summed E-state index contributed by atoms with van der Waals surface area (Å²) in [5.74, 6) is 1.21. The third kappa shape index (κ3) is 4.80. The fourth-order valence-electron chi connectivity index (χ4n) is 2.74. The van der Waals surface area contributed by atoms with Crippen molar-refractivity contribution in [2.45, 2.75) is 33.1 Å². The minimum absolute atomic E-state index is 0. The summed E-state index contributed by atoms with van der Waals surface area (Å²) in [6.07, 6.45) is 3.08. The van der Waals surface area contributed by atoms with Crippen LogP contribution in [0.15, 0.2) is 24.3 Å². The predicted octanol–water partition coefficient (Wildman–Crippen LogP) is 3.38. The molecular weight excluding hydrogens is 272 g/mol. The number of nitrogens with one attached hydrogen (secondary N) is 2. The molecule has 2 unspecified atom stereocenters. The lowest BCUT2D eigenvalue weighted by Crippen LogP contribution is -2.34. The first-order chi connectivity index (χ1) is 9.16. The van der Waals surface area contributed by atoms with Crippen LogP contribution in [0.25, 0.3) is 0 Å². The fraction of sp³-hybridized carbons (Fsp3) is 0.562. The van der Waals surface area contributed by atoms with Gasteiger partial charge in [0.25, 0.3) is 0 Å². The molecule has 20 heavy (non-hydrogen) atoms. The van der Waals surface area contributed by atoms with E-state index in [9.17, 15) is 4.79 Å². The Morgan fingerprint density at radius 3 is 2.85 bits per heavy atom. The summed E-state index contributed by atoms with van der Waals surface area (Å²) in [4.78, 5) is 12.1. The zero-order chi connectivity index (χ0) is 13.7. The van der Waals surface area contributed by atoms with Gasteiger partial charge in [0.05, 0.1) is 0 Å². The van der Waals surface area contributed by atoms with Crippen LogP contribution >= 0.6 is 12.4 Å². The number of halogens is 1. The van der Waals surface area contributed by atoms with E-state index in [0.29, 0.717) is 18.3 Å². The summed E-state index contributed by atoms with van der Waals surface area (Å²) in [5, 5.41) is 6.44. The maximum absolute atomic E-state index is 12.1. The maximum Gasteiger partial charge on any atom is 0.224 e. The van der Waals surface area contributed by atoms with Crippen LogP contribution in [-0.4, -0.2) is 19.0 Å². The molecule has 112 valence electrons. The van der Waals surface area contributed by atoms with E-state index in [1.54, 1.807) is 0 Å². The first-order valence-electron chi connectivity index (χ1n) is 7.23. The average Bonchev–Trinajstić information content (AvgIpc) is 2.42. The number of carbonyl (C=O) groups excluding carboxylic acids is 1. The number of hydrogen-bond acceptors (Lipinski definition) is 2. The molecule has 1 aliphatic heterocycles. The van der Waals surface area contributed by atoms with Crippen LogP contribution < -0.4 is 10.6 Å². The van der Waals surface area contributed by atoms with Crippen molar-refractivity contribution >= 4 is 24.0 Å². The number of aryl methyl sites for hydroxylation is 1. The summed E-state index contributed by atoms with van der Waals surface area (Å²) in [6, 6.07) is 7.92. The quantitative estimate of drug-likeness (QED) is 0.894. The summed E-state index contributed by atoms with van der Waals surface area (Å²) in [5.41, 5.74) is 2.05. The highest BCUT2D eigenvalue weighted by atomic mass is 35.5. The van der Waals surface area contributed by atoms with Crippen LogP contribution in [0.3, 0.4) is 0 Å². The Morgan fingerprint density at radius 1 is 1.45 bits per heavy atom. The van der Waals surface area contributed by atoms with Gasteiger partial charge in [-0.25, -0.2) is 0 Å². The number of para-hydroxylation sites is 1. The van der Waals surface area contributed by atoms with Gasteiger partial charge in [0.2, 0.25) is 5.91 Å². The smallest absolute Gasteiger partial charge is 0.224 e. The molecular formula is C16H25ClN2O. The van der Waals surface area contributed by atoms with Gasteiger partial charge in [-0.05, 0) is 56.3 Å². The average molecular weight is 297 g/mol. The summed E-state index contributed by atoms with van der Waals surface area (Å²) in [6.45, 7) is 6.39. The van der Waals surface area contributed by atoms with Crippen LogP contribution in [0.1, 0.15) is 31.7 Å². The Labute approximate surface area is 127 Å². The van der Waals surface area contributed by atoms with E-state index in [1.165, 1.54) is 12.8 Å². The zero-order valence-corrected chi connectivity index (χ0v) is 13.1. The number of anilines is 1. The Morgan fingerprint density at radius 2 is 2.20 bits per heavy atom. The highest BCUT2D eigenvalue weighted by Crippen LogP contribution is 2.23. The topological polar surface area (TPSA) is 41.1 Å². The number of rotatable bonds is 4. The van der Waals surface area contributed by atoms with Gasteiger partial charge in [0.1, 0.15) is 0 Å². The summed E-state index contributed by atoms with van der Waals surface area (Å²) < 4.78 is 0. The second-order valence-electron chi connectivity index (χ2n) is 5.65. The van der Waals surface area contributed by atoms with Crippen molar-refractivity contribution in [3.63, 3.8) is 0 Å². The van der Waals surface area contributed by atoms with Crippen molar-refractivity contribution in [2.24, 2.45) is 11.8 Å². The molecule has 2 rings (SSSR count). The predicted molar refractivity (Wildman–Crippen MR) is 86.4 cm³/mol. The van der Waals surface area contributed by atoms with Gasteiger partial charge in [0, 0.05) is 12.1 Å². The van der Waals surface area contributed by atoms with E-state index in [0.717, 1.165) is 24.3 Å². The first-order valence-corrected chi connectivity index (χ1v) is 7.23. The Balaban J connectivity index is 0.00000200. The van der Waals surface area contributed by atoms with Crippen LogP contribution in [0.4, 0.5) is 5.69 Å². The Hall–Kier alpha value is -1.06. The lowest BCUT2D eigenvalue weighted by atomic mass is 9.85. The number of carbonyl (C=O) groups is 1. The van der Waals surface area contributed by atoms with E-state index in [-0.39, 0.29) is 18.3 Å². The normalized spacial score (nSPS) is 19.8. The summed E-state index contributed by atoms with van der Waals surface area (Å²) in [7, 11) is 0. The van der Waals surface area contributed by atoms with Crippen LogP contribution in [0, 0.1) is 18.8 Å². The largest absolute Gasteiger partial charge is 0.326 e. The molecule has 3 nitrogen and oxygen atoms in total. The SMILES string of the molecule is Cc1ccccc1NC(=O)CC(C)C1CCCNC1.Cl. The van der Waals surface area contributed by atoms with Gasteiger partial charge in [-0.3, -0.25) is 4.79 Å². The van der Waals surface area contributed by atoms with Gasteiger partial charge >= 0.3 is 0 Å². The minimum atomic E-state index is 0. The van der Waals surface area contributed by atoms with Crippen molar-refractivity contribution in [2.75, 3.05) is 18.4 Å². The lowest BCUT2D eigenvalue weighted by Gasteiger charge is -2.28. The van der Waals surface area contributed by atoms with E-state index in [1.807, 2.05) is 31.2 Å². The van der Waals surface area contributed by atoms with Gasteiger partial charge < -0.3 is 10.6 Å². The molecule has 0 spiro atoms. The van der Waals surface area contributed by atoms with Crippen LogP contribution in [0.2, 0.25) is 0 Å². The van der Waals surface area contributed by atoms with Crippen molar-refractivity contribution in [1.82, 2.24) is 5.32 Å². The number of amides is 1. The molecule has 1 aliphatic rings. The van der Waals surface area contributed by atoms with E-state index >= 15 is 0 Å². The second kappa shape index (κ2) is 8.28. The number of benzene rings is 1. The molecule has 1 aromatic carbocycles. The van der Waals surface area contributed by atoms with Crippen molar-refractivity contribution < 1.29 is 4.79 Å². The minimum Gasteiger partial charge on any atom is -0.326 e. The molecule has 0 aromatic heterocycles. The standard InChI is InChI=1S/C16H24N2O.ClH/c1-12-6-3-4-8-15(12)18-16(19)10-13(2)14-7-5-9-17-11-14;/h3-4,6,8,13-14,17H,5,7,9-11H2,1-2H3,(H,18,19);1H. The molecule has 1 heterocycles. The van der Waals surface area contributed by atoms with Gasteiger partial charge in [0.15, 0.2) is 0 Å². The molecule has 4 heteroatoms. The monoisotopic (exact) mass is 296 g/mol. The highest BCUT2D eigenvalue weighted by Gasteiger charge is 2.22. The zero-order valence-electron chi connectivity index (χ0n) is 12.3. The first kappa shape index (κ1) is 17.0. The lowest BCUT2D eigenvalue weighted by molar-refractivity contribution is -0.117. The Kier molecular flexibility index (Phi) is 7.03. The third-order valence-electron chi connectivity index (χ3n) is 4.07. The van der Waals surface area contributed by atoms with Gasteiger partial charge in [-0.2, -0.15) is 0 Å². The third-order valence-corrected chi connectivity index (χ3v) is 4.07. The molecule has 0 aliphatic carbocycles. The molecule has 2 atom stereocenters. The van der Waals surface area contributed by atoms with Gasteiger partial charge in [-0.15, -0.1) is 12.4 Å². The van der Waals surface area contributed by atoms with Crippen LogP contribution in [-0.2, 0) is 4.79 Å². The van der Waals surface area contributed by atoms with E-state index in [2.05, 4.69) is 17.6 Å². The van der Waals surface area contributed by atoms with Crippen molar-refractivity contribution in [3.8, 4) is 0 Å². The van der Waals surface area contributed by atoms with Crippen molar-refractivity contribution in [3.05, 3.63) is 29.8 Å². The molecule has 0 saturated carbocycles. The molecule has 1 aromatic rings. The number of hydrogen-bond donors (Lipinski definition) is 2.